The maximum atomic E-state index is 12.1. The van der Waals surface area contributed by atoms with E-state index in [0.29, 0.717) is 117 Å². The smallest absolute Gasteiger partial charge is 0.309 e. The van der Waals surface area contributed by atoms with Crippen LogP contribution in [0.25, 0.3) is 0 Å². The van der Waals surface area contributed by atoms with Crippen molar-refractivity contribution < 1.29 is 71.9 Å². The Morgan fingerprint density at radius 1 is 0.400 bits per heavy atom. The van der Waals surface area contributed by atoms with Gasteiger partial charge in [0.05, 0.1) is 57.4 Å². The highest BCUT2D eigenvalue weighted by Gasteiger charge is 2.30. The predicted octanol–water partition coefficient (Wildman–Crippen LogP) is 9.84. The SMILES string of the molecule is CCOC(=O)C1CCCCC1.CCOC(=O)C1CCN(C(=O)COCc2ccccc2)CC1.O=C(Cl)C1CCN(C(=O)COCc2ccccc2)CC1.O=C(Cl)COCc1ccccc1.O=C(O)C1CCN(C(=O)COCc2ccccc2)CC1. The molecule has 0 spiro atoms. The summed E-state index contributed by atoms with van der Waals surface area (Å²) in [5.74, 6) is -1.28. The van der Waals surface area contributed by atoms with Crippen LogP contribution in [0.15, 0.2) is 121 Å². The van der Waals surface area contributed by atoms with Crippen LogP contribution in [-0.2, 0) is 93.2 Å². The van der Waals surface area contributed by atoms with Gasteiger partial charge < -0.3 is 48.2 Å². The minimum absolute atomic E-state index is 0.0155. The van der Waals surface area contributed by atoms with Gasteiger partial charge in [0, 0.05) is 45.2 Å². The fraction of sp³-hybridized carbons (Fsp3) is 0.508. The van der Waals surface area contributed by atoms with E-state index >= 15 is 0 Å². The van der Waals surface area contributed by atoms with Gasteiger partial charge in [0.25, 0.3) is 0 Å². The topological polar surface area (TPSA) is 222 Å². The van der Waals surface area contributed by atoms with Gasteiger partial charge in [-0.3, -0.25) is 38.4 Å². The summed E-state index contributed by atoms with van der Waals surface area (Å²) in [5.41, 5.74) is 4.17. The normalized spacial score (nSPS) is 15.6. The van der Waals surface area contributed by atoms with Gasteiger partial charge in [-0.2, -0.15) is 0 Å². The number of piperidine rings is 3. The summed E-state index contributed by atoms with van der Waals surface area (Å²) < 4.78 is 31.3. The first-order valence-corrected chi connectivity index (χ1v) is 30.2. The quantitative estimate of drug-likeness (QED) is 0.0571. The molecule has 3 amide bonds. The highest BCUT2D eigenvalue weighted by atomic mass is 35.5. The van der Waals surface area contributed by atoms with E-state index in [1.807, 2.05) is 128 Å². The zero-order valence-corrected chi connectivity index (χ0v) is 50.7. The molecule has 0 atom stereocenters. The number of halogens is 2. The number of carbonyl (C=O) groups excluding carboxylic acids is 7. The molecule has 3 saturated heterocycles. The van der Waals surface area contributed by atoms with E-state index in [1.54, 1.807) is 21.6 Å². The Morgan fingerprint density at radius 3 is 0.965 bits per heavy atom. The van der Waals surface area contributed by atoms with Crippen molar-refractivity contribution in [1.29, 1.82) is 0 Å². The number of ether oxygens (including phenoxy) is 6. The number of carboxylic acids is 1. The number of hydrogen-bond donors (Lipinski definition) is 1. The highest BCUT2D eigenvalue weighted by Crippen LogP contribution is 2.25. The monoisotopic (exact) mass is 1220 g/mol. The number of amides is 3. The second-order valence-corrected chi connectivity index (χ2v) is 21.5. The molecule has 0 aromatic heterocycles. The van der Waals surface area contributed by atoms with E-state index in [-0.39, 0.29) is 85.0 Å². The number of nitrogens with zero attached hydrogens (tertiary/aromatic N) is 3. The molecule has 464 valence electrons. The molecule has 1 N–H and O–H groups in total. The molecule has 20 heteroatoms. The fourth-order valence-electron chi connectivity index (χ4n) is 9.54. The lowest BCUT2D eigenvalue weighted by Crippen LogP contribution is -2.42. The number of carbonyl (C=O) groups is 8. The second kappa shape index (κ2) is 42.3. The van der Waals surface area contributed by atoms with Gasteiger partial charge in [-0.25, -0.2) is 0 Å². The van der Waals surface area contributed by atoms with E-state index in [1.165, 1.54) is 19.3 Å². The summed E-state index contributed by atoms with van der Waals surface area (Å²) >= 11 is 10.5. The number of likely N-dealkylation sites (tertiary alicyclic amines) is 3. The summed E-state index contributed by atoms with van der Waals surface area (Å²) in [6, 6.07) is 38.8. The Morgan fingerprint density at radius 2 is 0.682 bits per heavy atom. The van der Waals surface area contributed by atoms with Crippen LogP contribution in [0.3, 0.4) is 0 Å². The Balaban J connectivity index is 0.000000233. The van der Waals surface area contributed by atoms with Crippen molar-refractivity contribution in [1.82, 2.24) is 14.7 Å². The van der Waals surface area contributed by atoms with Crippen LogP contribution in [0, 0.1) is 23.7 Å². The number of aliphatic carboxylic acids is 1. The van der Waals surface area contributed by atoms with Crippen LogP contribution in [0.2, 0.25) is 0 Å². The van der Waals surface area contributed by atoms with Gasteiger partial charge in [0.15, 0.2) is 0 Å². The maximum absolute atomic E-state index is 12.1. The Hall–Kier alpha value is -6.54. The van der Waals surface area contributed by atoms with Crippen molar-refractivity contribution in [3.05, 3.63) is 144 Å². The lowest BCUT2D eigenvalue weighted by Gasteiger charge is -2.30. The predicted molar refractivity (Wildman–Crippen MR) is 322 cm³/mol. The molecule has 8 rings (SSSR count). The number of esters is 2. The van der Waals surface area contributed by atoms with Gasteiger partial charge in [0.1, 0.15) is 26.4 Å². The molecular weight excluding hydrogens is 1130 g/mol. The number of rotatable bonds is 22. The molecule has 3 heterocycles. The van der Waals surface area contributed by atoms with Gasteiger partial charge in [-0.05, 0) is 111 Å². The van der Waals surface area contributed by atoms with E-state index in [9.17, 15) is 38.4 Å². The van der Waals surface area contributed by atoms with E-state index in [2.05, 4.69) is 0 Å². The molecule has 4 aromatic carbocycles. The highest BCUT2D eigenvalue weighted by molar-refractivity contribution is 6.64. The standard InChI is InChI=1S/C17H23NO4.C15H18ClNO3.C15H19NO4.C9H9ClO2.C9H16O2/c1-2-22-17(20)15-8-10-18(11-9-15)16(19)13-21-12-14-6-4-3-5-7-14;16-15(19)13-6-8-17(9-7-13)14(18)11-20-10-12-4-2-1-3-5-12;17-14(11-20-10-12-4-2-1-3-5-12)16-8-6-13(7-9-16)15(18)19;10-9(11)7-12-6-8-4-2-1-3-5-8;1-2-11-9(10)8-6-4-3-5-7-8/h3-7,15H,2,8-13H2,1H3;1-5,13H,6-11H2;1-5,13H,6-11H2,(H,18,19);1-5H,6-7H2;8H,2-7H2,1H3. The van der Waals surface area contributed by atoms with Gasteiger partial charge in [0.2, 0.25) is 28.2 Å². The molecule has 4 aliphatic rings. The lowest BCUT2D eigenvalue weighted by atomic mass is 9.89. The zero-order valence-electron chi connectivity index (χ0n) is 49.2. The Bertz CT molecular complexity index is 2470. The van der Waals surface area contributed by atoms with Gasteiger partial charge in [-0.15, -0.1) is 0 Å². The summed E-state index contributed by atoms with van der Waals surface area (Å²) in [7, 11) is 0. The van der Waals surface area contributed by atoms with E-state index in [0.717, 1.165) is 35.1 Å². The van der Waals surface area contributed by atoms with Crippen LogP contribution in [0.5, 0.6) is 0 Å². The average Bonchev–Trinajstić information content (AvgIpc) is 3.57. The number of benzene rings is 4. The van der Waals surface area contributed by atoms with Crippen molar-refractivity contribution in [3.63, 3.8) is 0 Å². The minimum Gasteiger partial charge on any atom is -0.481 e. The zero-order chi connectivity index (χ0) is 61.4. The molecule has 0 unspecified atom stereocenters. The molecule has 1 aliphatic carbocycles. The van der Waals surface area contributed by atoms with Crippen LogP contribution in [0.4, 0.5) is 0 Å². The lowest BCUT2D eigenvalue weighted by molar-refractivity contribution is -0.152. The first-order valence-electron chi connectivity index (χ1n) is 29.4. The van der Waals surface area contributed by atoms with Gasteiger partial charge in [-0.1, -0.05) is 141 Å². The van der Waals surface area contributed by atoms with Crippen molar-refractivity contribution in [2.75, 3.05) is 78.9 Å². The maximum Gasteiger partial charge on any atom is 0.309 e. The molecule has 18 nitrogen and oxygen atoms in total. The molecule has 85 heavy (non-hydrogen) atoms. The van der Waals surface area contributed by atoms with Gasteiger partial charge >= 0.3 is 17.9 Å². The summed E-state index contributed by atoms with van der Waals surface area (Å²) in [5, 5.41) is 8.14. The van der Waals surface area contributed by atoms with Crippen LogP contribution in [0.1, 0.15) is 107 Å². The molecule has 4 aromatic rings. The van der Waals surface area contributed by atoms with Crippen LogP contribution >= 0.6 is 23.2 Å². The van der Waals surface area contributed by atoms with Crippen LogP contribution in [-0.4, -0.2) is 145 Å². The first-order chi connectivity index (χ1) is 41.2. The minimum atomic E-state index is -0.766. The molecule has 0 radical (unpaired) electrons. The van der Waals surface area contributed by atoms with E-state index in [4.69, 9.17) is 56.7 Å². The Kier molecular flexibility index (Phi) is 35.3. The molecule has 1 saturated carbocycles. The van der Waals surface area contributed by atoms with Crippen molar-refractivity contribution in [2.45, 2.75) is 111 Å². The fourth-order valence-corrected chi connectivity index (χ4v) is 9.84. The Labute approximate surface area is 510 Å². The number of carboxylic acid groups (broad SMARTS) is 1. The van der Waals surface area contributed by atoms with Crippen LogP contribution < -0.4 is 0 Å². The van der Waals surface area contributed by atoms with Crippen molar-refractivity contribution in [2.24, 2.45) is 23.7 Å². The molecule has 3 aliphatic heterocycles. The molecule has 4 fully saturated rings. The molecule has 0 bridgehead atoms. The third-order valence-corrected chi connectivity index (χ3v) is 14.8. The third-order valence-electron chi connectivity index (χ3n) is 14.4. The number of hydrogen-bond acceptors (Lipinski definition) is 14. The second-order valence-electron chi connectivity index (χ2n) is 20.7. The summed E-state index contributed by atoms with van der Waals surface area (Å²) in [6.45, 7) is 9.85. The largest absolute Gasteiger partial charge is 0.481 e. The summed E-state index contributed by atoms with van der Waals surface area (Å²) in [6.07, 6.45) is 9.45. The van der Waals surface area contributed by atoms with Crippen molar-refractivity contribution in [3.8, 4) is 0 Å². The summed E-state index contributed by atoms with van der Waals surface area (Å²) in [4.78, 5) is 96.1. The molecular formula is C65H85Cl2N3O15. The average molecular weight is 1220 g/mol. The third kappa shape index (κ3) is 29.9. The van der Waals surface area contributed by atoms with Crippen molar-refractivity contribution >= 4 is 69.3 Å². The van der Waals surface area contributed by atoms with E-state index < -0.39 is 11.2 Å². The first kappa shape index (κ1) is 70.9.